The molecular formula is C12H15N5OS. The fraction of sp³-hybridized carbons (Fsp3) is 0.417. The summed E-state index contributed by atoms with van der Waals surface area (Å²) < 4.78 is 7.82. The van der Waals surface area contributed by atoms with E-state index in [4.69, 9.17) is 10.5 Å². The minimum atomic E-state index is -0.165. The molecule has 100 valence electrons. The number of thioether (sulfide) groups is 1. The smallest absolute Gasteiger partial charge is 0.167 e. The number of aromatic nitrogens is 4. The number of anilines is 1. The first-order chi connectivity index (χ1) is 9.29. The van der Waals surface area contributed by atoms with E-state index in [0.717, 1.165) is 11.5 Å². The predicted molar refractivity (Wildman–Crippen MR) is 75.8 cm³/mol. The van der Waals surface area contributed by atoms with Crippen LogP contribution in [0.5, 0.6) is 0 Å². The highest BCUT2D eigenvalue weighted by Crippen LogP contribution is 2.26. The quantitative estimate of drug-likeness (QED) is 0.855. The van der Waals surface area contributed by atoms with Gasteiger partial charge in [0.15, 0.2) is 17.7 Å². The maximum absolute atomic E-state index is 5.95. The number of imidazole rings is 1. The Labute approximate surface area is 115 Å². The van der Waals surface area contributed by atoms with Crippen molar-refractivity contribution in [3.8, 4) is 0 Å². The van der Waals surface area contributed by atoms with Crippen molar-refractivity contribution in [1.82, 2.24) is 19.5 Å². The fourth-order valence-corrected chi connectivity index (χ4v) is 2.69. The van der Waals surface area contributed by atoms with E-state index in [-0.39, 0.29) is 12.3 Å². The maximum Gasteiger partial charge on any atom is 0.167 e. The Kier molecular flexibility index (Phi) is 3.39. The van der Waals surface area contributed by atoms with E-state index < -0.39 is 0 Å². The van der Waals surface area contributed by atoms with E-state index in [1.165, 1.54) is 6.33 Å². The summed E-state index contributed by atoms with van der Waals surface area (Å²) in [4.78, 5) is 12.4. The normalized spacial score (nSPS) is 22.4. The van der Waals surface area contributed by atoms with Gasteiger partial charge in [0.1, 0.15) is 11.8 Å². The lowest BCUT2D eigenvalue weighted by atomic mass is 10.4. The average molecular weight is 277 g/mol. The van der Waals surface area contributed by atoms with Gasteiger partial charge in [-0.25, -0.2) is 15.0 Å². The number of hydrogen-bond donors (Lipinski definition) is 1. The van der Waals surface area contributed by atoms with Gasteiger partial charge in [-0.2, -0.15) is 11.8 Å². The molecule has 6 nitrogen and oxygen atoms in total. The molecule has 0 radical (unpaired) electrons. The second-order valence-corrected chi connectivity index (χ2v) is 5.51. The van der Waals surface area contributed by atoms with Crippen molar-refractivity contribution in [2.45, 2.75) is 19.3 Å². The van der Waals surface area contributed by atoms with Crippen molar-refractivity contribution < 1.29 is 4.74 Å². The third-order valence-electron chi connectivity index (χ3n) is 2.95. The highest BCUT2D eigenvalue weighted by atomic mass is 32.2. The number of nitrogens with zero attached hydrogens (tertiary/aromatic N) is 4. The van der Waals surface area contributed by atoms with Crippen LogP contribution in [0.25, 0.3) is 11.2 Å². The van der Waals surface area contributed by atoms with Crippen molar-refractivity contribution in [3.63, 3.8) is 0 Å². The Morgan fingerprint density at radius 3 is 3.11 bits per heavy atom. The maximum atomic E-state index is 5.95. The molecule has 0 saturated carbocycles. The summed E-state index contributed by atoms with van der Waals surface area (Å²) in [6.45, 7) is 2.14. The van der Waals surface area contributed by atoms with Crippen molar-refractivity contribution in [2.75, 3.05) is 17.2 Å². The number of rotatable bonds is 4. The summed E-state index contributed by atoms with van der Waals surface area (Å²) in [5, 5.41) is 0. The second kappa shape index (κ2) is 5.18. The molecule has 0 unspecified atom stereocenters. The molecule has 2 atom stereocenters. The first-order valence-corrected chi connectivity index (χ1v) is 7.29. The van der Waals surface area contributed by atoms with Gasteiger partial charge in [-0.3, -0.25) is 4.57 Å². The molecule has 3 heterocycles. The van der Waals surface area contributed by atoms with Gasteiger partial charge >= 0.3 is 0 Å². The van der Waals surface area contributed by atoms with Crippen LogP contribution in [0.1, 0.15) is 13.2 Å². The second-order valence-electron chi connectivity index (χ2n) is 4.19. The summed E-state index contributed by atoms with van der Waals surface area (Å²) >= 11 is 1.86. The third-order valence-corrected chi connectivity index (χ3v) is 3.92. The van der Waals surface area contributed by atoms with Crippen molar-refractivity contribution in [3.05, 3.63) is 24.8 Å². The standard InChI is InChI=1S/C12H15N5OS/c1-2-19-5-8-3-4-9(18-8)17-7-16-10-11(13)14-6-15-12(10)17/h3-4,6-9H,2,5H2,1H3,(H2,13,14,15)/t8-,9-/m1/s1. The summed E-state index contributed by atoms with van der Waals surface area (Å²) in [7, 11) is 0. The number of nitrogens with two attached hydrogens (primary N) is 1. The van der Waals surface area contributed by atoms with Gasteiger partial charge in [0, 0.05) is 5.75 Å². The summed E-state index contributed by atoms with van der Waals surface area (Å²) in [5.74, 6) is 2.45. The van der Waals surface area contributed by atoms with Crippen molar-refractivity contribution in [1.29, 1.82) is 0 Å². The highest BCUT2D eigenvalue weighted by Gasteiger charge is 2.22. The highest BCUT2D eigenvalue weighted by molar-refractivity contribution is 7.99. The van der Waals surface area contributed by atoms with Gasteiger partial charge < -0.3 is 10.5 Å². The molecule has 0 fully saturated rings. The molecule has 1 aliphatic rings. The Balaban J connectivity index is 1.83. The molecule has 0 amide bonds. The van der Waals surface area contributed by atoms with E-state index >= 15 is 0 Å². The molecule has 19 heavy (non-hydrogen) atoms. The number of fused-ring (bicyclic) bond motifs is 1. The molecular weight excluding hydrogens is 262 g/mol. The fourth-order valence-electron chi connectivity index (χ4n) is 2.03. The van der Waals surface area contributed by atoms with E-state index in [1.807, 2.05) is 22.4 Å². The Morgan fingerprint density at radius 2 is 2.26 bits per heavy atom. The van der Waals surface area contributed by atoms with E-state index in [9.17, 15) is 0 Å². The summed E-state index contributed by atoms with van der Waals surface area (Å²) in [6.07, 6.45) is 7.23. The minimum Gasteiger partial charge on any atom is -0.382 e. The topological polar surface area (TPSA) is 78.9 Å². The molecule has 0 aliphatic carbocycles. The Hall–Kier alpha value is -1.60. The van der Waals surface area contributed by atoms with Crippen LogP contribution in [-0.2, 0) is 4.74 Å². The molecule has 0 aromatic carbocycles. The molecule has 1 aliphatic heterocycles. The van der Waals surface area contributed by atoms with Crippen molar-refractivity contribution >= 4 is 28.7 Å². The molecule has 2 N–H and O–H groups in total. The van der Waals surface area contributed by atoms with Crippen LogP contribution in [-0.4, -0.2) is 37.1 Å². The molecule has 2 aromatic heterocycles. The first-order valence-electron chi connectivity index (χ1n) is 6.14. The zero-order valence-corrected chi connectivity index (χ0v) is 11.4. The Bertz CT molecular complexity index is 611. The summed E-state index contributed by atoms with van der Waals surface area (Å²) in [6, 6.07) is 0. The lowest BCUT2D eigenvalue weighted by Crippen LogP contribution is -2.14. The largest absolute Gasteiger partial charge is 0.382 e. The van der Waals surface area contributed by atoms with Gasteiger partial charge in [-0.05, 0) is 11.8 Å². The van der Waals surface area contributed by atoms with E-state index in [2.05, 4.69) is 28.0 Å². The predicted octanol–water partition coefficient (Wildman–Crippen LogP) is 1.62. The number of hydrogen-bond acceptors (Lipinski definition) is 6. The van der Waals surface area contributed by atoms with Crippen LogP contribution in [0.4, 0.5) is 5.82 Å². The van der Waals surface area contributed by atoms with Crippen LogP contribution in [0.2, 0.25) is 0 Å². The van der Waals surface area contributed by atoms with E-state index in [0.29, 0.717) is 17.0 Å². The Morgan fingerprint density at radius 1 is 1.37 bits per heavy atom. The van der Waals surface area contributed by atoms with Crippen LogP contribution >= 0.6 is 11.8 Å². The lowest BCUT2D eigenvalue weighted by Gasteiger charge is -2.15. The average Bonchev–Trinajstić information content (AvgIpc) is 3.02. The summed E-state index contributed by atoms with van der Waals surface area (Å²) in [5.41, 5.74) is 7.09. The van der Waals surface area contributed by atoms with E-state index in [1.54, 1.807) is 6.33 Å². The van der Waals surface area contributed by atoms with Gasteiger partial charge in [-0.15, -0.1) is 0 Å². The minimum absolute atomic E-state index is 0.145. The first kappa shape index (κ1) is 12.4. The van der Waals surface area contributed by atoms with Gasteiger partial charge in [-0.1, -0.05) is 13.0 Å². The zero-order chi connectivity index (χ0) is 13.2. The number of nitrogen functional groups attached to an aromatic ring is 1. The van der Waals surface area contributed by atoms with Gasteiger partial charge in [0.2, 0.25) is 0 Å². The SMILES string of the molecule is CCSC[C@H]1C=C[C@H](n2cnc3c(N)ncnc32)O1. The van der Waals surface area contributed by atoms with Crippen LogP contribution in [0.15, 0.2) is 24.8 Å². The zero-order valence-electron chi connectivity index (χ0n) is 10.6. The molecule has 7 heteroatoms. The monoisotopic (exact) mass is 277 g/mol. The van der Waals surface area contributed by atoms with Crippen LogP contribution < -0.4 is 5.73 Å². The van der Waals surface area contributed by atoms with Crippen molar-refractivity contribution in [2.24, 2.45) is 0 Å². The molecule has 0 spiro atoms. The molecule has 3 rings (SSSR count). The lowest BCUT2D eigenvalue weighted by molar-refractivity contribution is 0.0319. The van der Waals surface area contributed by atoms with Crippen LogP contribution in [0, 0.1) is 0 Å². The molecule has 0 saturated heterocycles. The third kappa shape index (κ3) is 2.31. The van der Waals surface area contributed by atoms with Gasteiger partial charge in [0.25, 0.3) is 0 Å². The molecule has 0 bridgehead atoms. The van der Waals surface area contributed by atoms with Gasteiger partial charge in [0.05, 0.1) is 12.4 Å². The van der Waals surface area contributed by atoms with Crippen LogP contribution in [0.3, 0.4) is 0 Å². The molecule has 2 aromatic rings. The number of ether oxygens (including phenoxy) is 1.